The Morgan fingerprint density at radius 2 is 1.76 bits per heavy atom. The highest BCUT2D eigenvalue weighted by Crippen LogP contribution is 2.45. The van der Waals surface area contributed by atoms with Crippen molar-refractivity contribution >= 4 is 11.9 Å². The molecule has 1 aliphatic rings. The van der Waals surface area contributed by atoms with E-state index in [2.05, 4.69) is 30.6 Å². The number of nitrogens with one attached hydrogen (secondary N) is 1. The van der Waals surface area contributed by atoms with Gasteiger partial charge in [-0.3, -0.25) is 14.4 Å². The number of aromatic nitrogens is 1. The molecule has 1 amide bonds. The van der Waals surface area contributed by atoms with Gasteiger partial charge in [0.2, 0.25) is 5.91 Å². The van der Waals surface area contributed by atoms with Gasteiger partial charge in [-0.1, -0.05) is 29.8 Å². The fourth-order valence-corrected chi connectivity index (χ4v) is 7.07. The van der Waals surface area contributed by atoms with E-state index < -0.39 is 53.5 Å². The number of nitrogens with zero attached hydrogens (tertiary/aromatic N) is 2. The van der Waals surface area contributed by atoms with Gasteiger partial charge >= 0.3 is 12.1 Å². The van der Waals surface area contributed by atoms with Gasteiger partial charge in [-0.05, 0) is 138 Å². The van der Waals surface area contributed by atoms with E-state index in [4.69, 9.17) is 4.74 Å². The predicted molar refractivity (Wildman–Crippen MR) is 205 cm³/mol. The Morgan fingerprint density at radius 1 is 1.04 bits per heavy atom. The van der Waals surface area contributed by atoms with E-state index in [-0.39, 0.29) is 43.0 Å². The molecule has 7 nitrogen and oxygen atoms in total. The van der Waals surface area contributed by atoms with E-state index in [0.717, 1.165) is 77.1 Å². The maximum Gasteiger partial charge on any atom is 0.416 e. The number of hydrogen-bond donors (Lipinski definition) is 1. The molecule has 54 heavy (non-hydrogen) atoms. The summed E-state index contributed by atoms with van der Waals surface area (Å²) in [5.74, 6) is -2.01. The molecule has 1 aliphatic carbocycles. The topological polar surface area (TPSA) is 80.6 Å². The molecule has 0 radical (unpaired) electrons. The van der Waals surface area contributed by atoms with Crippen LogP contribution in [0.1, 0.15) is 109 Å². The van der Waals surface area contributed by atoms with Crippen LogP contribution in [0.3, 0.4) is 0 Å². The minimum atomic E-state index is -4.79. The molecule has 0 spiro atoms. The molecule has 1 aromatic heterocycles. The normalized spacial score (nSPS) is 14.1. The fourth-order valence-electron chi connectivity index (χ4n) is 7.07. The molecule has 0 bridgehead atoms. The van der Waals surface area contributed by atoms with Gasteiger partial charge in [0.15, 0.2) is 0 Å². The van der Waals surface area contributed by atoms with Crippen LogP contribution in [-0.2, 0) is 33.3 Å². The maximum atomic E-state index is 16.7. The zero-order valence-electron chi connectivity index (χ0n) is 32.1. The summed E-state index contributed by atoms with van der Waals surface area (Å²) in [7, 11) is 3.43. The molecule has 1 saturated carbocycles. The number of alkyl halides is 3. The second-order valence-corrected chi connectivity index (χ2v) is 14.5. The van der Waals surface area contributed by atoms with Crippen molar-refractivity contribution in [1.29, 1.82) is 0 Å². The van der Waals surface area contributed by atoms with Gasteiger partial charge in [0, 0.05) is 24.4 Å². The van der Waals surface area contributed by atoms with Gasteiger partial charge in [0.05, 0.1) is 24.6 Å². The lowest BCUT2D eigenvalue weighted by Gasteiger charge is -2.26. The monoisotopic (exact) mass is 751 g/mol. The van der Waals surface area contributed by atoms with Crippen molar-refractivity contribution in [2.24, 2.45) is 0 Å². The van der Waals surface area contributed by atoms with Crippen LogP contribution in [0.15, 0.2) is 66.6 Å². The molecule has 1 heterocycles. The number of benzene rings is 2. The van der Waals surface area contributed by atoms with E-state index in [0.29, 0.717) is 11.6 Å². The first-order valence-corrected chi connectivity index (χ1v) is 18.7. The SMILES string of the molecule is C=CCCCCc1cc(C)cc(C)c1-c1cc(C2CC2)c(F)c([C@H](CC(=O)OCC)NC(=O)[C@H](CC=C)n2cc(CCN(C)C)c(C(F)(F)F)cc2=O)c1. The standard InChI is InChI=1S/C43H53F4N3O4/c1-8-11-12-13-15-30-21-27(4)20-28(5)40(30)32-22-33(29-16-17-29)41(44)34(23-32)36(25-39(52)54-10-3)48-42(53)37(14-9-2)50-26-31(18-19-49(6)7)35(24-38(50)51)43(45,46)47/h8-9,20-24,26,29,36-37H,1-2,10-19,25H2,3-7H3,(H,48,53)/t36-,37-/m0/s1. The van der Waals surface area contributed by atoms with Crippen molar-refractivity contribution in [3.05, 3.63) is 117 Å². The van der Waals surface area contributed by atoms with Crippen LogP contribution in [0.4, 0.5) is 17.6 Å². The number of esters is 1. The number of likely N-dealkylation sites (N-methyl/N-ethyl adjacent to an activating group) is 1. The minimum Gasteiger partial charge on any atom is -0.466 e. The number of unbranched alkanes of at least 4 members (excludes halogenated alkanes) is 2. The van der Waals surface area contributed by atoms with Gasteiger partial charge in [-0.2, -0.15) is 13.2 Å². The molecule has 1 N–H and O–H groups in total. The largest absolute Gasteiger partial charge is 0.466 e. The van der Waals surface area contributed by atoms with Crippen LogP contribution in [0.2, 0.25) is 0 Å². The number of carbonyl (C=O) groups excluding carboxylic acids is 2. The third-order valence-electron chi connectivity index (χ3n) is 9.79. The van der Waals surface area contributed by atoms with Crippen molar-refractivity contribution in [2.45, 2.75) is 103 Å². The number of aryl methyl sites for hydroxylation is 3. The third-order valence-corrected chi connectivity index (χ3v) is 9.79. The Kier molecular flexibility index (Phi) is 14.6. The molecule has 2 atom stereocenters. The molecule has 11 heteroatoms. The number of ether oxygens (including phenoxy) is 1. The number of allylic oxidation sites excluding steroid dienone is 2. The summed E-state index contributed by atoms with van der Waals surface area (Å²) in [4.78, 5) is 42.3. The van der Waals surface area contributed by atoms with Crippen LogP contribution in [0, 0.1) is 19.7 Å². The lowest BCUT2D eigenvalue weighted by Crippen LogP contribution is -2.40. The van der Waals surface area contributed by atoms with Gasteiger partial charge in [0.25, 0.3) is 5.56 Å². The average Bonchev–Trinajstić information content (AvgIpc) is 3.94. The van der Waals surface area contributed by atoms with Crippen molar-refractivity contribution < 1.29 is 31.9 Å². The first-order valence-electron chi connectivity index (χ1n) is 18.7. The molecule has 0 aliphatic heterocycles. The second-order valence-electron chi connectivity index (χ2n) is 14.5. The molecule has 0 saturated heterocycles. The highest BCUT2D eigenvalue weighted by atomic mass is 19.4. The Labute approximate surface area is 316 Å². The summed E-state index contributed by atoms with van der Waals surface area (Å²) in [6, 6.07) is 5.73. The molecular formula is C43H53F4N3O4. The number of amides is 1. The van der Waals surface area contributed by atoms with Crippen molar-refractivity contribution in [2.75, 3.05) is 27.2 Å². The summed E-state index contributed by atoms with van der Waals surface area (Å²) in [5, 5.41) is 2.81. The molecule has 1 fully saturated rings. The number of halogens is 4. The highest BCUT2D eigenvalue weighted by Gasteiger charge is 2.36. The summed E-state index contributed by atoms with van der Waals surface area (Å²) in [6.07, 6.45) is 4.17. The second kappa shape index (κ2) is 18.7. The molecule has 292 valence electrons. The van der Waals surface area contributed by atoms with Gasteiger partial charge < -0.3 is 19.5 Å². The fraction of sp³-hybridized carbons (Fsp3) is 0.465. The number of rotatable bonds is 19. The van der Waals surface area contributed by atoms with Gasteiger partial charge in [-0.15, -0.1) is 13.2 Å². The zero-order valence-corrected chi connectivity index (χ0v) is 32.1. The van der Waals surface area contributed by atoms with Gasteiger partial charge in [-0.25, -0.2) is 4.39 Å². The summed E-state index contributed by atoms with van der Waals surface area (Å²) < 4.78 is 65.1. The predicted octanol–water partition coefficient (Wildman–Crippen LogP) is 9.10. The number of carbonyl (C=O) groups is 2. The highest BCUT2D eigenvalue weighted by molar-refractivity contribution is 5.82. The summed E-state index contributed by atoms with van der Waals surface area (Å²) in [6.45, 7) is 13.6. The minimum absolute atomic E-state index is 0.0238. The van der Waals surface area contributed by atoms with Crippen molar-refractivity contribution in [3.63, 3.8) is 0 Å². The Bertz CT molecular complexity index is 1890. The Morgan fingerprint density at radius 3 is 2.37 bits per heavy atom. The van der Waals surface area contributed by atoms with E-state index in [1.165, 1.54) is 6.08 Å². The van der Waals surface area contributed by atoms with Crippen LogP contribution < -0.4 is 10.9 Å². The van der Waals surface area contributed by atoms with Crippen LogP contribution in [0.5, 0.6) is 0 Å². The van der Waals surface area contributed by atoms with Crippen molar-refractivity contribution in [3.8, 4) is 11.1 Å². The van der Waals surface area contributed by atoms with E-state index >= 15 is 4.39 Å². The summed E-state index contributed by atoms with van der Waals surface area (Å²) in [5.41, 5.74) is 3.30. The first kappa shape index (κ1) is 42.2. The van der Waals surface area contributed by atoms with E-state index in [1.807, 2.05) is 26.0 Å². The maximum absolute atomic E-state index is 16.7. The quantitative estimate of drug-likeness (QED) is 0.0573. The number of pyridine rings is 1. The lowest BCUT2D eigenvalue weighted by atomic mass is 9.86. The van der Waals surface area contributed by atoms with E-state index in [1.54, 1.807) is 32.0 Å². The number of hydrogen-bond acceptors (Lipinski definition) is 5. The third kappa shape index (κ3) is 10.8. The summed E-state index contributed by atoms with van der Waals surface area (Å²) >= 11 is 0. The molecule has 3 aromatic rings. The zero-order chi connectivity index (χ0) is 39.7. The molecule has 4 rings (SSSR count). The van der Waals surface area contributed by atoms with E-state index in [9.17, 15) is 27.6 Å². The molecule has 0 unspecified atom stereocenters. The lowest BCUT2D eigenvalue weighted by molar-refractivity contribution is -0.144. The van der Waals surface area contributed by atoms with Crippen LogP contribution in [0.25, 0.3) is 11.1 Å². The molecular weight excluding hydrogens is 698 g/mol. The average molecular weight is 752 g/mol. The smallest absolute Gasteiger partial charge is 0.416 e. The van der Waals surface area contributed by atoms with Crippen LogP contribution >= 0.6 is 0 Å². The van der Waals surface area contributed by atoms with Crippen molar-refractivity contribution in [1.82, 2.24) is 14.8 Å². The molecule has 2 aromatic carbocycles. The Balaban J connectivity index is 1.85. The van der Waals surface area contributed by atoms with Crippen LogP contribution in [-0.4, -0.2) is 48.6 Å². The van der Waals surface area contributed by atoms with Gasteiger partial charge in [0.1, 0.15) is 11.9 Å². The Hall–Kier alpha value is -4.51. The first-order chi connectivity index (χ1) is 25.6.